The number of aryl methyl sites for hydroxylation is 2. The third-order valence-electron chi connectivity index (χ3n) is 3.69. The number of aliphatic hydroxyl groups excluding tert-OH is 1. The molecule has 1 aromatic heterocycles. The minimum absolute atomic E-state index is 0.0421. The van der Waals surface area contributed by atoms with Crippen LogP contribution in [0.2, 0.25) is 0 Å². The van der Waals surface area contributed by atoms with E-state index in [-0.39, 0.29) is 18.0 Å². The molecule has 124 valence electrons. The summed E-state index contributed by atoms with van der Waals surface area (Å²) in [7, 11) is 0. The molecule has 1 unspecified atom stereocenters. The van der Waals surface area contributed by atoms with Crippen molar-refractivity contribution in [3.05, 3.63) is 47.0 Å². The molecule has 1 atom stereocenters. The number of hydrogen-bond donors (Lipinski definition) is 2. The lowest BCUT2D eigenvalue weighted by Gasteiger charge is -2.15. The molecule has 0 radical (unpaired) electrons. The van der Waals surface area contributed by atoms with Gasteiger partial charge in [0.25, 0.3) is 5.91 Å². The van der Waals surface area contributed by atoms with Crippen molar-refractivity contribution in [2.24, 2.45) is 5.92 Å². The highest BCUT2D eigenvalue weighted by molar-refractivity contribution is 5.94. The minimum atomic E-state index is -0.627. The van der Waals surface area contributed by atoms with Gasteiger partial charge in [-0.1, -0.05) is 13.8 Å². The Kier molecular flexibility index (Phi) is 5.15. The molecular weight excluding hydrogens is 297 g/mol. The van der Waals surface area contributed by atoms with Crippen molar-refractivity contribution in [2.75, 3.05) is 6.54 Å². The Hall–Kier alpha value is -2.21. The molecule has 23 heavy (non-hydrogen) atoms. The number of halogens is 1. The summed E-state index contributed by atoms with van der Waals surface area (Å²) in [6.45, 7) is 7.54. The van der Waals surface area contributed by atoms with E-state index in [1.807, 2.05) is 33.8 Å². The molecule has 1 aromatic carbocycles. The van der Waals surface area contributed by atoms with Crippen LogP contribution in [-0.2, 0) is 0 Å². The zero-order valence-electron chi connectivity index (χ0n) is 13.8. The van der Waals surface area contributed by atoms with Crippen molar-refractivity contribution in [1.82, 2.24) is 15.1 Å². The normalized spacial score (nSPS) is 12.5. The lowest BCUT2D eigenvalue weighted by molar-refractivity contribution is 0.0871. The Balaban J connectivity index is 2.16. The Morgan fingerprint density at radius 1 is 1.35 bits per heavy atom. The average Bonchev–Trinajstić information content (AvgIpc) is 2.82. The summed E-state index contributed by atoms with van der Waals surface area (Å²) in [6.07, 6.45) is -0.627. The van der Waals surface area contributed by atoms with Crippen LogP contribution in [0.15, 0.2) is 24.3 Å². The van der Waals surface area contributed by atoms with Crippen molar-refractivity contribution in [3.63, 3.8) is 0 Å². The highest BCUT2D eigenvalue weighted by Gasteiger charge is 2.15. The minimum Gasteiger partial charge on any atom is -0.391 e. The second-order valence-electron chi connectivity index (χ2n) is 6.03. The third-order valence-corrected chi connectivity index (χ3v) is 3.69. The molecule has 5 nitrogen and oxygen atoms in total. The highest BCUT2D eigenvalue weighted by Crippen LogP contribution is 2.17. The summed E-state index contributed by atoms with van der Waals surface area (Å²) in [5.41, 5.74) is 2.13. The Morgan fingerprint density at radius 3 is 2.57 bits per heavy atom. The molecule has 0 saturated heterocycles. The monoisotopic (exact) mass is 319 g/mol. The van der Waals surface area contributed by atoms with Crippen LogP contribution in [-0.4, -0.2) is 33.4 Å². The molecular formula is C17H22FN3O2. The molecule has 2 N–H and O–H groups in total. The quantitative estimate of drug-likeness (QED) is 0.889. The van der Waals surface area contributed by atoms with Gasteiger partial charge in [-0.3, -0.25) is 4.79 Å². The lowest BCUT2D eigenvalue weighted by Crippen LogP contribution is -2.34. The van der Waals surface area contributed by atoms with Gasteiger partial charge in [-0.15, -0.1) is 0 Å². The Bertz CT molecular complexity index is 710. The van der Waals surface area contributed by atoms with Gasteiger partial charge in [0.1, 0.15) is 11.5 Å². The molecule has 0 aliphatic heterocycles. The second-order valence-corrected chi connectivity index (χ2v) is 6.03. The van der Waals surface area contributed by atoms with E-state index in [2.05, 4.69) is 10.4 Å². The van der Waals surface area contributed by atoms with Gasteiger partial charge < -0.3 is 10.4 Å². The molecule has 0 aliphatic rings. The number of aromatic nitrogens is 2. The summed E-state index contributed by atoms with van der Waals surface area (Å²) >= 11 is 0. The number of benzene rings is 1. The number of carbonyl (C=O) groups excluding carboxylic acids is 1. The van der Waals surface area contributed by atoms with E-state index >= 15 is 0 Å². The number of hydrogen-bond acceptors (Lipinski definition) is 3. The van der Waals surface area contributed by atoms with Crippen molar-refractivity contribution in [1.29, 1.82) is 0 Å². The van der Waals surface area contributed by atoms with Gasteiger partial charge in [-0.2, -0.15) is 5.10 Å². The van der Waals surface area contributed by atoms with Crippen LogP contribution in [0, 0.1) is 25.6 Å². The third kappa shape index (κ3) is 3.96. The standard InChI is InChI=1S/C17H22FN3O2/c1-10(2)16(22)9-19-17(23)13-5-6-15(14(18)8-13)21-12(4)7-11(3)20-21/h5-8,10,16,22H,9H2,1-4H3,(H,19,23). The van der Waals surface area contributed by atoms with Crippen molar-refractivity contribution in [2.45, 2.75) is 33.8 Å². The molecule has 0 fully saturated rings. The number of amides is 1. The van der Waals surface area contributed by atoms with Crippen molar-refractivity contribution in [3.8, 4) is 5.69 Å². The van der Waals surface area contributed by atoms with Gasteiger partial charge in [0, 0.05) is 17.8 Å². The molecule has 0 bridgehead atoms. The van der Waals surface area contributed by atoms with E-state index in [0.717, 1.165) is 11.4 Å². The van der Waals surface area contributed by atoms with E-state index in [1.54, 1.807) is 6.07 Å². The predicted octanol–water partition coefficient (Wildman–Crippen LogP) is 2.37. The van der Waals surface area contributed by atoms with Gasteiger partial charge in [0.05, 0.1) is 11.8 Å². The van der Waals surface area contributed by atoms with Gasteiger partial charge in [0.2, 0.25) is 0 Å². The van der Waals surface area contributed by atoms with Crippen LogP contribution >= 0.6 is 0 Å². The fraction of sp³-hybridized carbons (Fsp3) is 0.412. The molecule has 1 amide bonds. The fourth-order valence-corrected chi connectivity index (χ4v) is 2.23. The fourth-order valence-electron chi connectivity index (χ4n) is 2.23. The van der Waals surface area contributed by atoms with E-state index in [0.29, 0.717) is 5.69 Å². The van der Waals surface area contributed by atoms with Gasteiger partial charge >= 0.3 is 0 Å². The second kappa shape index (κ2) is 6.91. The predicted molar refractivity (Wildman–Crippen MR) is 86.2 cm³/mol. The van der Waals surface area contributed by atoms with Crippen LogP contribution < -0.4 is 5.32 Å². The summed E-state index contributed by atoms with van der Waals surface area (Å²) in [5.74, 6) is -0.891. The zero-order valence-corrected chi connectivity index (χ0v) is 13.8. The van der Waals surface area contributed by atoms with Crippen molar-refractivity contribution >= 4 is 5.91 Å². The maximum Gasteiger partial charge on any atom is 0.251 e. The van der Waals surface area contributed by atoms with E-state index in [4.69, 9.17) is 0 Å². The number of rotatable bonds is 5. The van der Waals surface area contributed by atoms with Crippen LogP contribution in [0.1, 0.15) is 35.6 Å². The van der Waals surface area contributed by atoms with Gasteiger partial charge in [-0.25, -0.2) is 9.07 Å². The Labute approximate surface area is 135 Å². The van der Waals surface area contributed by atoms with E-state index in [1.165, 1.54) is 16.8 Å². The van der Waals surface area contributed by atoms with Crippen molar-refractivity contribution < 1.29 is 14.3 Å². The maximum absolute atomic E-state index is 14.3. The molecule has 0 saturated carbocycles. The van der Waals surface area contributed by atoms with Gasteiger partial charge in [0.15, 0.2) is 0 Å². The summed E-state index contributed by atoms with van der Waals surface area (Å²) < 4.78 is 15.8. The van der Waals surface area contributed by atoms with Crippen LogP contribution in [0.4, 0.5) is 4.39 Å². The lowest BCUT2D eigenvalue weighted by atomic mass is 10.1. The summed E-state index contributed by atoms with van der Waals surface area (Å²) in [4.78, 5) is 12.0. The first-order valence-electron chi connectivity index (χ1n) is 7.59. The average molecular weight is 319 g/mol. The number of nitrogens with zero attached hydrogens (tertiary/aromatic N) is 2. The number of nitrogens with one attached hydrogen (secondary N) is 1. The zero-order chi connectivity index (χ0) is 17.1. The molecule has 0 spiro atoms. The van der Waals surface area contributed by atoms with Crippen LogP contribution in [0.25, 0.3) is 5.69 Å². The SMILES string of the molecule is Cc1cc(C)n(-c2ccc(C(=O)NCC(O)C(C)C)cc2F)n1. The first-order valence-corrected chi connectivity index (χ1v) is 7.59. The first-order chi connectivity index (χ1) is 10.8. The Morgan fingerprint density at radius 2 is 2.04 bits per heavy atom. The highest BCUT2D eigenvalue weighted by atomic mass is 19.1. The van der Waals surface area contributed by atoms with Crippen LogP contribution in [0.3, 0.4) is 0 Å². The molecule has 2 aromatic rings. The van der Waals surface area contributed by atoms with Crippen LogP contribution in [0.5, 0.6) is 0 Å². The maximum atomic E-state index is 14.3. The number of carbonyl (C=O) groups is 1. The molecule has 2 rings (SSSR count). The summed E-state index contributed by atoms with van der Waals surface area (Å²) in [6, 6.07) is 6.12. The smallest absolute Gasteiger partial charge is 0.251 e. The molecule has 1 heterocycles. The topological polar surface area (TPSA) is 67.2 Å². The van der Waals surface area contributed by atoms with Gasteiger partial charge in [-0.05, 0) is 44.0 Å². The number of aliphatic hydroxyl groups is 1. The van der Waals surface area contributed by atoms with E-state index < -0.39 is 17.8 Å². The first kappa shape index (κ1) is 17.1. The molecule has 6 heteroatoms. The summed E-state index contributed by atoms with van der Waals surface area (Å²) in [5, 5.41) is 16.5. The van der Waals surface area contributed by atoms with E-state index in [9.17, 15) is 14.3 Å². The largest absolute Gasteiger partial charge is 0.391 e. The molecule has 0 aliphatic carbocycles.